The predicted molar refractivity (Wildman–Crippen MR) is 70.9 cm³/mol. The number of hydrogen-bond acceptors (Lipinski definition) is 4. The van der Waals surface area contributed by atoms with Crippen LogP contribution in [0.4, 0.5) is 0 Å². The smallest absolute Gasteiger partial charge is 0.258 e. The van der Waals surface area contributed by atoms with Crippen LogP contribution in [0.2, 0.25) is 0 Å². The van der Waals surface area contributed by atoms with Gasteiger partial charge in [0.15, 0.2) is 11.5 Å². The normalized spacial score (nSPS) is 13.5. The van der Waals surface area contributed by atoms with E-state index in [2.05, 4.69) is 0 Å². The van der Waals surface area contributed by atoms with Crippen LogP contribution < -0.4 is 14.2 Å². The van der Waals surface area contributed by atoms with Crippen LogP contribution in [0, 0.1) is 0 Å². The molecule has 1 aliphatic heterocycles. The van der Waals surface area contributed by atoms with Gasteiger partial charge in [0, 0.05) is 18.3 Å². The van der Waals surface area contributed by atoms with Crippen molar-refractivity contribution in [1.82, 2.24) is 4.90 Å². The van der Waals surface area contributed by atoms with Crippen LogP contribution in [0.15, 0.2) is 24.4 Å². The van der Waals surface area contributed by atoms with Gasteiger partial charge in [-0.3, -0.25) is 4.79 Å². The summed E-state index contributed by atoms with van der Waals surface area (Å²) in [6.45, 7) is 0.704. The molecule has 0 aliphatic carbocycles. The molecule has 0 N–H and O–H groups in total. The van der Waals surface area contributed by atoms with E-state index in [9.17, 15) is 4.79 Å². The summed E-state index contributed by atoms with van der Waals surface area (Å²) >= 11 is 0. The lowest BCUT2D eigenvalue weighted by Crippen LogP contribution is -2.23. The first-order valence-electron chi connectivity index (χ1n) is 5.99. The summed E-state index contributed by atoms with van der Waals surface area (Å²) in [4.78, 5) is 14.0. The maximum atomic E-state index is 12.3. The predicted octanol–water partition coefficient (Wildman–Crippen LogP) is 2.07. The third-order valence-electron chi connectivity index (χ3n) is 2.99. The summed E-state index contributed by atoms with van der Waals surface area (Å²) < 4.78 is 15.7. The molecule has 0 spiro atoms. The molecule has 1 aliphatic rings. The van der Waals surface area contributed by atoms with Crippen LogP contribution in [0.3, 0.4) is 0 Å². The van der Waals surface area contributed by atoms with Gasteiger partial charge in [0.25, 0.3) is 5.91 Å². The molecule has 1 aromatic carbocycles. The van der Waals surface area contributed by atoms with Crippen molar-refractivity contribution in [1.29, 1.82) is 0 Å². The number of methoxy groups -OCH3 is 3. The highest BCUT2D eigenvalue weighted by Gasteiger charge is 2.21. The number of ether oxygens (including phenoxy) is 3. The highest BCUT2D eigenvalue weighted by Crippen LogP contribution is 2.38. The molecule has 1 aromatic rings. The molecule has 5 nitrogen and oxygen atoms in total. The Hall–Kier alpha value is -2.17. The number of benzene rings is 1. The third kappa shape index (κ3) is 2.50. The van der Waals surface area contributed by atoms with Crippen LogP contribution in [0.1, 0.15) is 16.8 Å². The molecule has 0 bridgehead atoms. The molecule has 19 heavy (non-hydrogen) atoms. The van der Waals surface area contributed by atoms with Crippen molar-refractivity contribution in [3.8, 4) is 17.2 Å². The summed E-state index contributed by atoms with van der Waals surface area (Å²) in [5, 5.41) is 0. The van der Waals surface area contributed by atoms with Crippen molar-refractivity contribution in [3.63, 3.8) is 0 Å². The van der Waals surface area contributed by atoms with E-state index in [0.29, 0.717) is 29.4 Å². The maximum Gasteiger partial charge on any atom is 0.258 e. The first-order valence-corrected chi connectivity index (χ1v) is 5.99. The lowest BCUT2D eigenvalue weighted by atomic mass is 10.1. The maximum absolute atomic E-state index is 12.3. The second kappa shape index (κ2) is 5.65. The molecular weight excluding hydrogens is 246 g/mol. The molecule has 0 saturated heterocycles. The van der Waals surface area contributed by atoms with Crippen molar-refractivity contribution in [2.24, 2.45) is 0 Å². The first-order chi connectivity index (χ1) is 9.21. The SMILES string of the molecule is COc1cc(C(=O)N2C=CCC2)cc(OC)c1OC. The Labute approximate surface area is 112 Å². The molecule has 5 heteroatoms. The molecule has 1 amide bonds. The minimum Gasteiger partial charge on any atom is -0.493 e. The largest absolute Gasteiger partial charge is 0.493 e. The van der Waals surface area contributed by atoms with Crippen LogP contribution in [0.5, 0.6) is 17.2 Å². The van der Waals surface area contributed by atoms with Gasteiger partial charge in [-0.05, 0) is 18.6 Å². The van der Waals surface area contributed by atoms with Gasteiger partial charge < -0.3 is 19.1 Å². The molecule has 0 radical (unpaired) electrons. The lowest BCUT2D eigenvalue weighted by Gasteiger charge is -2.17. The fourth-order valence-electron chi connectivity index (χ4n) is 2.03. The average Bonchev–Trinajstić information content (AvgIpc) is 2.98. The molecule has 0 unspecified atom stereocenters. The van der Waals surface area contributed by atoms with E-state index < -0.39 is 0 Å². The lowest BCUT2D eigenvalue weighted by molar-refractivity contribution is 0.0832. The molecule has 2 rings (SSSR count). The van der Waals surface area contributed by atoms with E-state index in [4.69, 9.17) is 14.2 Å². The van der Waals surface area contributed by atoms with Crippen LogP contribution >= 0.6 is 0 Å². The Morgan fingerprint density at radius 1 is 1.11 bits per heavy atom. The fourth-order valence-corrected chi connectivity index (χ4v) is 2.03. The van der Waals surface area contributed by atoms with Gasteiger partial charge in [-0.25, -0.2) is 0 Å². The monoisotopic (exact) mass is 263 g/mol. The van der Waals surface area contributed by atoms with Crippen molar-refractivity contribution in [2.75, 3.05) is 27.9 Å². The van der Waals surface area contributed by atoms with Gasteiger partial charge in [0.1, 0.15) is 0 Å². The highest BCUT2D eigenvalue weighted by molar-refractivity contribution is 5.96. The first kappa shape index (κ1) is 13.3. The van der Waals surface area contributed by atoms with Gasteiger partial charge >= 0.3 is 0 Å². The van der Waals surface area contributed by atoms with Crippen LogP contribution in [-0.2, 0) is 0 Å². The Morgan fingerprint density at radius 2 is 1.74 bits per heavy atom. The van der Waals surface area contributed by atoms with E-state index in [1.165, 1.54) is 21.3 Å². The molecule has 0 fully saturated rings. The van der Waals surface area contributed by atoms with E-state index in [-0.39, 0.29) is 5.91 Å². The summed E-state index contributed by atoms with van der Waals surface area (Å²) in [6, 6.07) is 3.33. The molecule has 102 valence electrons. The number of carbonyl (C=O) groups excluding carboxylic acids is 1. The minimum absolute atomic E-state index is 0.0759. The number of hydrogen-bond donors (Lipinski definition) is 0. The number of nitrogens with zero attached hydrogens (tertiary/aromatic N) is 1. The molecule has 0 saturated carbocycles. The molecule has 0 atom stereocenters. The van der Waals surface area contributed by atoms with Gasteiger partial charge in [-0.1, -0.05) is 6.08 Å². The van der Waals surface area contributed by atoms with E-state index >= 15 is 0 Å². The van der Waals surface area contributed by atoms with Gasteiger partial charge in [0.2, 0.25) is 5.75 Å². The van der Waals surface area contributed by atoms with E-state index in [0.717, 1.165) is 6.42 Å². The van der Waals surface area contributed by atoms with Crippen molar-refractivity contribution >= 4 is 5.91 Å². The zero-order valence-corrected chi connectivity index (χ0v) is 11.3. The number of amides is 1. The Morgan fingerprint density at radius 3 is 2.16 bits per heavy atom. The van der Waals surface area contributed by atoms with Crippen LogP contribution in [-0.4, -0.2) is 38.7 Å². The Kier molecular flexibility index (Phi) is 3.94. The molecular formula is C14H17NO4. The van der Waals surface area contributed by atoms with Crippen LogP contribution in [0.25, 0.3) is 0 Å². The summed E-state index contributed by atoms with van der Waals surface area (Å²) in [5.74, 6) is 1.37. The van der Waals surface area contributed by atoms with E-state index in [1.54, 1.807) is 23.2 Å². The highest BCUT2D eigenvalue weighted by atomic mass is 16.5. The van der Waals surface area contributed by atoms with Crippen molar-refractivity contribution in [2.45, 2.75) is 6.42 Å². The fraction of sp³-hybridized carbons (Fsp3) is 0.357. The Balaban J connectivity index is 2.40. The summed E-state index contributed by atoms with van der Waals surface area (Å²) in [5.41, 5.74) is 0.515. The van der Waals surface area contributed by atoms with Gasteiger partial charge in [-0.15, -0.1) is 0 Å². The molecule has 0 aromatic heterocycles. The quantitative estimate of drug-likeness (QED) is 0.834. The second-order valence-electron chi connectivity index (χ2n) is 4.09. The number of rotatable bonds is 4. The van der Waals surface area contributed by atoms with Gasteiger partial charge in [0.05, 0.1) is 21.3 Å². The van der Waals surface area contributed by atoms with Crippen molar-refractivity contribution in [3.05, 3.63) is 30.0 Å². The van der Waals surface area contributed by atoms with Gasteiger partial charge in [-0.2, -0.15) is 0 Å². The zero-order chi connectivity index (χ0) is 13.8. The minimum atomic E-state index is -0.0759. The topological polar surface area (TPSA) is 48.0 Å². The third-order valence-corrected chi connectivity index (χ3v) is 2.99. The molecule has 1 heterocycles. The summed E-state index contributed by atoms with van der Waals surface area (Å²) in [7, 11) is 4.59. The summed E-state index contributed by atoms with van der Waals surface area (Å²) in [6.07, 6.45) is 4.65. The number of carbonyl (C=O) groups is 1. The van der Waals surface area contributed by atoms with E-state index in [1.807, 2.05) is 6.08 Å². The Bertz CT molecular complexity index is 485. The standard InChI is InChI=1S/C14H17NO4/c1-17-11-8-10(9-12(18-2)13(11)19-3)14(16)15-6-4-5-7-15/h4,6,8-9H,5,7H2,1-3H3. The van der Waals surface area contributed by atoms with Crippen molar-refractivity contribution < 1.29 is 19.0 Å². The average molecular weight is 263 g/mol. The second-order valence-corrected chi connectivity index (χ2v) is 4.09. The zero-order valence-electron chi connectivity index (χ0n) is 11.3.